The lowest BCUT2D eigenvalue weighted by atomic mass is 10.1. The van der Waals surface area contributed by atoms with Crippen molar-refractivity contribution in [2.75, 3.05) is 13.1 Å². The predicted molar refractivity (Wildman–Crippen MR) is 112 cm³/mol. The Hall–Kier alpha value is -2.67. The van der Waals surface area contributed by atoms with E-state index in [-0.39, 0.29) is 11.5 Å². The van der Waals surface area contributed by atoms with Crippen molar-refractivity contribution in [3.63, 3.8) is 0 Å². The molecule has 0 N–H and O–H groups in total. The summed E-state index contributed by atoms with van der Waals surface area (Å²) in [6.45, 7) is 3.53. The number of fused-ring (bicyclic) bond motifs is 1. The maximum absolute atomic E-state index is 13.1. The van der Waals surface area contributed by atoms with E-state index in [4.69, 9.17) is 11.6 Å². The summed E-state index contributed by atoms with van der Waals surface area (Å²) >= 11 is 5.96. The fourth-order valence-corrected chi connectivity index (χ4v) is 3.96. The average Bonchev–Trinajstić information content (AvgIpc) is 3.19. The Morgan fingerprint density at radius 1 is 1.14 bits per heavy atom. The summed E-state index contributed by atoms with van der Waals surface area (Å²) in [5, 5.41) is 5.05. The van der Waals surface area contributed by atoms with Crippen LogP contribution in [0.2, 0.25) is 5.02 Å². The monoisotopic (exact) mass is 413 g/mol. The minimum absolute atomic E-state index is 0.117. The molecule has 0 aliphatic carbocycles. The average molecular weight is 414 g/mol. The van der Waals surface area contributed by atoms with Gasteiger partial charge in [0, 0.05) is 48.4 Å². The van der Waals surface area contributed by atoms with Crippen molar-refractivity contribution in [3.8, 4) is 11.4 Å². The van der Waals surface area contributed by atoms with Crippen LogP contribution in [0.4, 0.5) is 0 Å². The van der Waals surface area contributed by atoms with Crippen LogP contribution in [0.5, 0.6) is 0 Å². The summed E-state index contributed by atoms with van der Waals surface area (Å²) in [6.07, 6.45) is 4.04. The van der Waals surface area contributed by atoms with Crippen LogP contribution in [-0.4, -0.2) is 43.1 Å². The molecule has 1 amide bonds. The number of hydrogen-bond donors (Lipinski definition) is 0. The van der Waals surface area contributed by atoms with Gasteiger partial charge in [0.15, 0.2) is 5.82 Å². The Labute approximate surface area is 173 Å². The van der Waals surface area contributed by atoms with Gasteiger partial charge in [0.25, 0.3) is 5.56 Å². The first-order valence-electron chi connectivity index (χ1n) is 9.94. The van der Waals surface area contributed by atoms with Crippen LogP contribution >= 0.6 is 11.6 Å². The van der Waals surface area contributed by atoms with Crippen LogP contribution in [0.25, 0.3) is 17.2 Å². The molecule has 2 aromatic heterocycles. The first-order chi connectivity index (χ1) is 14.0. The number of hydrogen-bond acceptors (Lipinski definition) is 4. The number of benzene rings is 1. The second kappa shape index (κ2) is 7.99. The molecular formula is C21H24ClN5O2. The SMILES string of the molecule is Cc1c(CCC(=O)N2CCCCC2)c(=O)n2nc(-c3ccc(Cl)cc3)nc2n1C. The van der Waals surface area contributed by atoms with E-state index in [9.17, 15) is 9.59 Å². The molecule has 152 valence electrons. The van der Waals surface area contributed by atoms with E-state index >= 15 is 0 Å². The van der Waals surface area contributed by atoms with Gasteiger partial charge in [-0.2, -0.15) is 9.50 Å². The molecule has 4 rings (SSSR count). The Bertz CT molecular complexity index is 1110. The highest BCUT2D eigenvalue weighted by Gasteiger charge is 2.20. The Morgan fingerprint density at radius 2 is 1.83 bits per heavy atom. The highest BCUT2D eigenvalue weighted by molar-refractivity contribution is 6.30. The van der Waals surface area contributed by atoms with Crippen molar-refractivity contribution in [3.05, 3.63) is 50.9 Å². The van der Waals surface area contributed by atoms with Crippen LogP contribution in [0.15, 0.2) is 29.1 Å². The van der Waals surface area contributed by atoms with Gasteiger partial charge in [-0.3, -0.25) is 9.59 Å². The Kier molecular flexibility index (Phi) is 5.41. The topological polar surface area (TPSA) is 72.5 Å². The largest absolute Gasteiger partial charge is 0.343 e. The zero-order chi connectivity index (χ0) is 20.5. The van der Waals surface area contributed by atoms with Gasteiger partial charge in [0.2, 0.25) is 11.7 Å². The second-order valence-electron chi connectivity index (χ2n) is 7.52. The predicted octanol–water partition coefficient (Wildman–Crippen LogP) is 3.00. The third-order valence-electron chi connectivity index (χ3n) is 5.68. The maximum atomic E-state index is 13.1. The molecule has 0 spiro atoms. The summed E-state index contributed by atoms with van der Waals surface area (Å²) in [6, 6.07) is 7.19. The second-order valence-corrected chi connectivity index (χ2v) is 7.96. The molecule has 7 nitrogen and oxygen atoms in total. The first kappa shape index (κ1) is 19.6. The van der Waals surface area contributed by atoms with E-state index in [1.807, 2.05) is 35.6 Å². The van der Waals surface area contributed by atoms with Gasteiger partial charge in [-0.25, -0.2) is 0 Å². The zero-order valence-electron chi connectivity index (χ0n) is 16.7. The summed E-state index contributed by atoms with van der Waals surface area (Å²) in [7, 11) is 1.86. The van der Waals surface area contributed by atoms with Crippen molar-refractivity contribution in [1.82, 2.24) is 24.1 Å². The molecule has 1 aromatic carbocycles. The quantitative estimate of drug-likeness (QED) is 0.659. The molecule has 3 heterocycles. The van der Waals surface area contributed by atoms with E-state index in [0.717, 1.165) is 37.2 Å². The number of piperidine rings is 1. The van der Waals surface area contributed by atoms with E-state index < -0.39 is 0 Å². The van der Waals surface area contributed by atoms with E-state index in [1.54, 1.807) is 12.1 Å². The van der Waals surface area contributed by atoms with E-state index in [2.05, 4.69) is 10.1 Å². The van der Waals surface area contributed by atoms with Gasteiger partial charge in [0.1, 0.15) is 0 Å². The summed E-state index contributed by atoms with van der Waals surface area (Å²) in [5.41, 5.74) is 1.99. The molecule has 8 heteroatoms. The van der Waals surface area contributed by atoms with Gasteiger partial charge in [-0.1, -0.05) is 11.6 Å². The molecular weight excluding hydrogens is 390 g/mol. The van der Waals surface area contributed by atoms with Crippen LogP contribution in [0, 0.1) is 6.92 Å². The molecule has 29 heavy (non-hydrogen) atoms. The number of rotatable bonds is 4. The van der Waals surface area contributed by atoms with E-state index in [0.29, 0.717) is 35.0 Å². The molecule has 0 saturated carbocycles. The van der Waals surface area contributed by atoms with Crippen molar-refractivity contribution >= 4 is 23.3 Å². The lowest BCUT2D eigenvalue weighted by molar-refractivity contribution is -0.132. The normalized spacial score (nSPS) is 14.5. The van der Waals surface area contributed by atoms with Crippen LogP contribution in [0.3, 0.4) is 0 Å². The molecule has 3 aromatic rings. The van der Waals surface area contributed by atoms with E-state index in [1.165, 1.54) is 10.9 Å². The summed E-state index contributed by atoms with van der Waals surface area (Å²) in [5.74, 6) is 1.06. The van der Waals surface area contributed by atoms with Crippen LogP contribution in [-0.2, 0) is 18.3 Å². The molecule has 1 aliphatic rings. The fraction of sp³-hybridized carbons (Fsp3) is 0.429. The first-order valence-corrected chi connectivity index (χ1v) is 10.3. The van der Waals surface area contributed by atoms with Crippen molar-refractivity contribution in [2.24, 2.45) is 7.05 Å². The van der Waals surface area contributed by atoms with Crippen molar-refractivity contribution in [2.45, 2.75) is 39.0 Å². The minimum Gasteiger partial charge on any atom is -0.343 e. The van der Waals surface area contributed by atoms with Gasteiger partial charge in [0.05, 0.1) is 0 Å². The Balaban J connectivity index is 1.65. The standard InChI is InChI=1S/C21H24ClN5O2/c1-14-17(10-11-18(28)26-12-4-3-5-13-26)20(29)27-21(25(14)2)23-19(24-27)15-6-8-16(22)9-7-15/h6-9H,3-5,10-13H2,1-2H3. The summed E-state index contributed by atoms with van der Waals surface area (Å²) in [4.78, 5) is 32.1. The van der Waals surface area contributed by atoms with Gasteiger partial charge in [-0.15, -0.1) is 5.10 Å². The third-order valence-corrected chi connectivity index (χ3v) is 5.93. The molecule has 1 fully saturated rings. The molecule has 0 radical (unpaired) electrons. The molecule has 1 aliphatic heterocycles. The van der Waals surface area contributed by atoms with Gasteiger partial charge in [-0.05, 0) is 56.9 Å². The highest BCUT2D eigenvalue weighted by atomic mass is 35.5. The van der Waals surface area contributed by atoms with Gasteiger partial charge < -0.3 is 9.47 Å². The number of carbonyl (C=O) groups excluding carboxylic acids is 1. The number of likely N-dealkylation sites (tertiary alicyclic amines) is 1. The smallest absolute Gasteiger partial charge is 0.279 e. The van der Waals surface area contributed by atoms with Crippen molar-refractivity contribution in [1.29, 1.82) is 0 Å². The number of amides is 1. The summed E-state index contributed by atoms with van der Waals surface area (Å²) < 4.78 is 3.19. The lowest BCUT2D eigenvalue weighted by Crippen LogP contribution is -2.36. The lowest BCUT2D eigenvalue weighted by Gasteiger charge is -2.26. The van der Waals surface area contributed by atoms with Gasteiger partial charge >= 0.3 is 0 Å². The maximum Gasteiger partial charge on any atom is 0.279 e. The van der Waals surface area contributed by atoms with Crippen LogP contribution in [0.1, 0.15) is 36.9 Å². The third kappa shape index (κ3) is 3.79. The molecule has 0 bridgehead atoms. The fourth-order valence-electron chi connectivity index (χ4n) is 3.83. The van der Waals surface area contributed by atoms with Crippen molar-refractivity contribution < 1.29 is 4.79 Å². The number of nitrogens with zero attached hydrogens (tertiary/aromatic N) is 5. The molecule has 0 unspecified atom stereocenters. The Morgan fingerprint density at radius 3 is 2.52 bits per heavy atom. The number of halogens is 1. The minimum atomic E-state index is -0.213. The number of aryl methyl sites for hydroxylation is 1. The number of carbonyl (C=O) groups is 1. The van der Waals surface area contributed by atoms with Crippen LogP contribution < -0.4 is 5.56 Å². The zero-order valence-corrected chi connectivity index (χ0v) is 17.4. The highest BCUT2D eigenvalue weighted by Crippen LogP contribution is 2.19. The molecule has 1 saturated heterocycles. The number of aromatic nitrogens is 4. The molecule has 0 atom stereocenters.